The Hall–Kier alpha value is -1.60. The topological polar surface area (TPSA) is 69.7 Å². The third-order valence-electron chi connectivity index (χ3n) is 4.37. The van der Waals surface area contributed by atoms with Crippen molar-refractivity contribution < 1.29 is 13.2 Å². The highest BCUT2D eigenvalue weighted by molar-refractivity contribution is 7.89. The van der Waals surface area contributed by atoms with Gasteiger partial charge in [0.2, 0.25) is 10.0 Å². The van der Waals surface area contributed by atoms with E-state index < -0.39 is 10.0 Å². The second kappa shape index (κ2) is 9.20. The van der Waals surface area contributed by atoms with Crippen molar-refractivity contribution in [1.82, 2.24) is 14.5 Å². The van der Waals surface area contributed by atoms with Gasteiger partial charge in [-0.15, -0.1) is 0 Å². The van der Waals surface area contributed by atoms with Crippen LogP contribution in [0.5, 0.6) is 0 Å². The Morgan fingerprint density at radius 3 is 2.40 bits per heavy atom. The molecule has 0 bridgehead atoms. The van der Waals surface area contributed by atoms with Gasteiger partial charge in [-0.2, -0.15) is 4.31 Å². The molecular weight excluding hydrogens is 338 g/mol. The highest BCUT2D eigenvalue weighted by Gasteiger charge is 2.28. The number of sulfonamides is 1. The molecule has 0 aromatic heterocycles. The Morgan fingerprint density at radius 2 is 1.76 bits per heavy atom. The average molecular weight is 368 g/mol. The van der Waals surface area contributed by atoms with Gasteiger partial charge in [-0.05, 0) is 37.0 Å². The van der Waals surface area contributed by atoms with Crippen LogP contribution >= 0.6 is 0 Å². The Labute approximate surface area is 151 Å². The first-order valence-corrected chi connectivity index (χ1v) is 10.5. The van der Waals surface area contributed by atoms with E-state index in [0.717, 1.165) is 24.8 Å². The van der Waals surface area contributed by atoms with Crippen molar-refractivity contribution in [3.8, 4) is 0 Å². The molecule has 25 heavy (non-hydrogen) atoms. The first-order chi connectivity index (χ1) is 12.0. The summed E-state index contributed by atoms with van der Waals surface area (Å²) >= 11 is 0. The lowest BCUT2D eigenvalue weighted by Crippen LogP contribution is -2.42. The summed E-state index contributed by atoms with van der Waals surface area (Å²) in [5.41, 5.74) is 1.15. The van der Waals surface area contributed by atoms with Gasteiger partial charge in [-0.3, -0.25) is 0 Å². The summed E-state index contributed by atoms with van der Waals surface area (Å²) in [6.45, 7) is 6.52. The van der Waals surface area contributed by atoms with Crippen LogP contribution < -0.4 is 5.32 Å². The van der Waals surface area contributed by atoms with Crippen LogP contribution in [-0.2, 0) is 16.4 Å². The van der Waals surface area contributed by atoms with Crippen molar-refractivity contribution in [3.05, 3.63) is 29.8 Å². The SMILES string of the molecule is CCCNC(=O)N1CCCN(S(=O)(=O)c2ccc(CCC)cc2)CC1. The average Bonchev–Trinajstić information content (AvgIpc) is 2.87. The zero-order chi connectivity index (χ0) is 18.3. The largest absolute Gasteiger partial charge is 0.338 e. The van der Waals surface area contributed by atoms with Gasteiger partial charge in [-0.25, -0.2) is 13.2 Å². The van der Waals surface area contributed by atoms with Gasteiger partial charge in [0, 0.05) is 32.7 Å². The van der Waals surface area contributed by atoms with E-state index in [1.807, 2.05) is 19.1 Å². The molecule has 1 fully saturated rings. The highest BCUT2D eigenvalue weighted by Crippen LogP contribution is 2.19. The van der Waals surface area contributed by atoms with E-state index in [1.54, 1.807) is 17.0 Å². The minimum Gasteiger partial charge on any atom is -0.338 e. The number of rotatable bonds is 6. The molecule has 2 amide bonds. The maximum Gasteiger partial charge on any atom is 0.317 e. The van der Waals surface area contributed by atoms with Gasteiger partial charge in [0.1, 0.15) is 0 Å². The van der Waals surface area contributed by atoms with Crippen LogP contribution in [0.1, 0.15) is 38.7 Å². The lowest BCUT2D eigenvalue weighted by molar-refractivity contribution is 0.200. The smallest absolute Gasteiger partial charge is 0.317 e. The van der Waals surface area contributed by atoms with E-state index in [-0.39, 0.29) is 6.03 Å². The third kappa shape index (κ3) is 5.19. The molecule has 0 spiro atoms. The fourth-order valence-corrected chi connectivity index (χ4v) is 4.42. The van der Waals surface area contributed by atoms with Crippen LogP contribution in [0.25, 0.3) is 0 Å². The third-order valence-corrected chi connectivity index (χ3v) is 6.28. The normalized spacial score (nSPS) is 16.5. The standard InChI is InChI=1S/C18H29N3O3S/c1-3-6-16-7-9-17(10-8-16)25(23,24)21-13-5-12-20(14-15-21)18(22)19-11-4-2/h7-10H,3-6,11-15H2,1-2H3,(H,19,22). The first-order valence-electron chi connectivity index (χ1n) is 9.11. The van der Waals surface area contributed by atoms with Crippen molar-refractivity contribution in [2.45, 2.75) is 44.4 Å². The van der Waals surface area contributed by atoms with Gasteiger partial charge in [-0.1, -0.05) is 32.4 Å². The summed E-state index contributed by atoms with van der Waals surface area (Å²) in [5.74, 6) is 0. The molecule has 1 aromatic rings. The summed E-state index contributed by atoms with van der Waals surface area (Å²) in [7, 11) is -3.51. The van der Waals surface area contributed by atoms with E-state index in [0.29, 0.717) is 44.0 Å². The zero-order valence-electron chi connectivity index (χ0n) is 15.2. The lowest BCUT2D eigenvalue weighted by atomic mass is 10.1. The number of aryl methyl sites for hydroxylation is 1. The molecule has 1 N–H and O–H groups in total. The number of amides is 2. The fraction of sp³-hybridized carbons (Fsp3) is 0.611. The molecule has 0 aliphatic carbocycles. The van der Waals surface area contributed by atoms with Crippen molar-refractivity contribution in [3.63, 3.8) is 0 Å². The van der Waals surface area contributed by atoms with Crippen LogP contribution in [0, 0.1) is 0 Å². The number of nitrogens with one attached hydrogen (secondary N) is 1. The molecule has 0 atom stereocenters. The lowest BCUT2D eigenvalue weighted by Gasteiger charge is -2.22. The van der Waals surface area contributed by atoms with Gasteiger partial charge < -0.3 is 10.2 Å². The van der Waals surface area contributed by atoms with E-state index in [1.165, 1.54) is 4.31 Å². The number of carbonyl (C=O) groups excluding carboxylic acids is 1. The molecule has 0 saturated carbocycles. The summed E-state index contributed by atoms with van der Waals surface area (Å²) in [4.78, 5) is 14.1. The number of hydrogen-bond acceptors (Lipinski definition) is 3. The molecule has 6 nitrogen and oxygen atoms in total. The van der Waals surface area contributed by atoms with Crippen LogP contribution in [0.15, 0.2) is 29.2 Å². The van der Waals surface area contributed by atoms with Gasteiger partial charge >= 0.3 is 6.03 Å². The molecule has 1 aliphatic rings. The minimum absolute atomic E-state index is 0.106. The second-order valence-electron chi connectivity index (χ2n) is 6.37. The van der Waals surface area contributed by atoms with Crippen molar-refractivity contribution in [2.24, 2.45) is 0 Å². The van der Waals surface area contributed by atoms with Crippen LogP contribution in [0.4, 0.5) is 4.79 Å². The van der Waals surface area contributed by atoms with Crippen molar-refractivity contribution >= 4 is 16.1 Å². The monoisotopic (exact) mass is 367 g/mol. The van der Waals surface area contributed by atoms with E-state index in [2.05, 4.69) is 12.2 Å². The molecular formula is C18H29N3O3S. The van der Waals surface area contributed by atoms with Gasteiger partial charge in [0.05, 0.1) is 4.90 Å². The van der Waals surface area contributed by atoms with E-state index in [9.17, 15) is 13.2 Å². The minimum atomic E-state index is -3.51. The first kappa shape index (κ1) is 19.7. The molecule has 140 valence electrons. The van der Waals surface area contributed by atoms with Crippen LogP contribution in [-0.4, -0.2) is 56.4 Å². The second-order valence-corrected chi connectivity index (χ2v) is 8.31. The summed E-state index contributed by atoms with van der Waals surface area (Å²) < 4.78 is 27.2. The summed E-state index contributed by atoms with van der Waals surface area (Å²) in [6.07, 6.45) is 3.51. The Kier molecular flexibility index (Phi) is 7.25. The molecule has 1 aromatic carbocycles. The Bertz CT molecular complexity index is 659. The molecule has 2 rings (SSSR count). The maximum atomic E-state index is 12.9. The summed E-state index contributed by atoms with van der Waals surface area (Å²) in [5, 5.41) is 2.85. The van der Waals surface area contributed by atoms with Crippen molar-refractivity contribution in [1.29, 1.82) is 0 Å². The Morgan fingerprint density at radius 1 is 1.04 bits per heavy atom. The molecule has 0 unspecified atom stereocenters. The highest BCUT2D eigenvalue weighted by atomic mass is 32.2. The van der Waals surface area contributed by atoms with Gasteiger partial charge in [0.25, 0.3) is 0 Å². The molecule has 0 radical (unpaired) electrons. The molecule has 7 heteroatoms. The molecule has 1 heterocycles. The maximum absolute atomic E-state index is 12.9. The predicted octanol–water partition coefficient (Wildman–Crippen LogP) is 2.46. The number of benzene rings is 1. The summed E-state index contributed by atoms with van der Waals surface area (Å²) in [6, 6.07) is 7.05. The number of carbonyl (C=O) groups is 1. The number of nitrogens with zero attached hydrogens (tertiary/aromatic N) is 2. The van der Waals surface area contributed by atoms with E-state index >= 15 is 0 Å². The zero-order valence-corrected chi connectivity index (χ0v) is 16.0. The fourth-order valence-electron chi connectivity index (χ4n) is 2.95. The van der Waals surface area contributed by atoms with E-state index in [4.69, 9.17) is 0 Å². The molecule has 1 aliphatic heterocycles. The number of hydrogen-bond donors (Lipinski definition) is 1. The number of urea groups is 1. The van der Waals surface area contributed by atoms with Crippen LogP contribution in [0.2, 0.25) is 0 Å². The van der Waals surface area contributed by atoms with Gasteiger partial charge in [0.15, 0.2) is 0 Å². The Balaban J connectivity index is 2.03. The quantitative estimate of drug-likeness (QED) is 0.840. The van der Waals surface area contributed by atoms with Crippen LogP contribution in [0.3, 0.4) is 0 Å². The van der Waals surface area contributed by atoms with Crippen molar-refractivity contribution in [2.75, 3.05) is 32.7 Å². The predicted molar refractivity (Wildman–Crippen MR) is 99.1 cm³/mol. The molecule has 1 saturated heterocycles.